The Labute approximate surface area is 146 Å². The van der Waals surface area contributed by atoms with Crippen molar-refractivity contribution in [1.29, 1.82) is 0 Å². The van der Waals surface area contributed by atoms with Gasteiger partial charge in [0.1, 0.15) is 0 Å². The molecule has 2 rings (SSSR count). The summed E-state index contributed by atoms with van der Waals surface area (Å²) in [7, 11) is 0. The monoisotopic (exact) mass is 345 g/mol. The zero-order chi connectivity index (χ0) is 17.4. The first-order chi connectivity index (χ1) is 11.5. The number of benzene rings is 2. The highest BCUT2D eigenvalue weighted by molar-refractivity contribution is 6.30. The van der Waals surface area contributed by atoms with Gasteiger partial charge in [0.15, 0.2) is 0 Å². The standard InChI is InChI=1S/C18H20ClN3O2/c1-13(23)22-17-4-2-3-16(11-17)20-10-9-18(24)21-12-14-5-7-15(19)8-6-14/h2-8,11,20H,9-10,12H2,1H3,(H,21,24)(H,22,23). The van der Waals surface area contributed by atoms with Gasteiger partial charge in [0, 0.05) is 42.8 Å². The predicted octanol–water partition coefficient (Wildman–Crippen LogP) is 3.42. The Morgan fingerprint density at radius 1 is 1.04 bits per heavy atom. The molecule has 0 saturated heterocycles. The van der Waals surface area contributed by atoms with Crippen molar-refractivity contribution in [2.24, 2.45) is 0 Å². The highest BCUT2D eigenvalue weighted by Gasteiger charge is 2.02. The molecule has 0 aliphatic heterocycles. The van der Waals surface area contributed by atoms with Crippen LogP contribution in [0.4, 0.5) is 11.4 Å². The summed E-state index contributed by atoms with van der Waals surface area (Å²) >= 11 is 5.82. The van der Waals surface area contributed by atoms with Gasteiger partial charge in [-0.2, -0.15) is 0 Å². The maximum atomic E-state index is 11.9. The van der Waals surface area contributed by atoms with Gasteiger partial charge >= 0.3 is 0 Å². The van der Waals surface area contributed by atoms with Crippen LogP contribution in [0.25, 0.3) is 0 Å². The quantitative estimate of drug-likeness (QED) is 0.720. The van der Waals surface area contributed by atoms with E-state index in [0.717, 1.165) is 16.9 Å². The number of rotatable bonds is 7. The van der Waals surface area contributed by atoms with Gasteiger partial charge in [-0.15, -0.1) is 0 Å². The molecule has 5 nitrogen and oxygen atoms in total. The number of carbonyl (C=O) groups excluding carboxylic acids is 2. The van der Waals surface area contributed by atoms with Crippen LogP contribution < -0.4 is 16.0 Å². The fourth-order valence-corrected chi connectivity index (χ4v) is 2.25. The lowest BCUT2D eigenvalue weighted by Crippen LogP contribution is -2.24. The van der Waals surface area contributed by atoms with Crippen molar-refractivity contribution in [2.45, 2.75) is 19.9 Å². The van der Waals surface area contributed by atoms with Crippen molar-refractivity contribution >= 4 is 34.8 Å². The molecule has 0 aliphatic carbocycles. The second-order valence-electron chi connectivity index (χ2n) is 5.34. The molecule has 6 heteroatoms. The second-order valence-corrected chi connectivity index (χ2v) is 5.78. The fraction of sp³-hybridized carbons (Fsp3) is 0.222. The summed E-state index contributed by atoms with van der Waals surface area (Å²) in [5.41, 5.74) is 2.58. The van der Waals surface area contributed by atoms with Crippen molar-refractivity contribution in [2.75, 3.05) is 17.2 Å². The molecule has 0 spiro atoms. The smallest absolute Gasteiger partial charge is 0.222 e. The molecule has 0 unspecified atom stereocenters. The minimum atomic E-state index is -0.117. The van der Waals surface area contributed by atoms with Gasteiger partial charge in [-0.3, -0.25) is 9.59 Å². The van der Waals surface area contributed by atoms with E-state index in [1.54, 1.807) is 12.1 Å². The molecular weight excluding hydrogens is 326 g/mol. The van der Waals surface area contributed by atoms with Crippen molar-refractivity contribution in [3.05, 3.63) is 59.1 Å². The average Bonchev–Trinajstić information content (AvgIpc) is 2.54. The Hall–Kier alpha value is -2.53. The Balaban J connectivity index is 1.72. The largest absolute Gasteiger partial charge is 0.384 e. The normalized spacial score (nSPS) is 10.1. The number of hydrogen-bond acceptors (Lipinski definition) is 3. The molecule has 24 heavy (non-hydrogen) atoms. The molecule has 2 amide bonds. The van der Waals surface area contributed by atoms with Crippen LogP contribution in [0, 0.1) is 0 Å². The van der Waals surface area contributed by atoms with Crippen molar-refractivity contribution in [3.63, 3.8) is 0 Å². The van der Waals surface area contributed by atoms with Crippen LogP contribution >= 0.6 is 11.6 Å². The van der Waals surface area contributed by atoms with E-state index in [1.807, 2.05) is 36.4 Å². The summed E-state index contributed by atoms with van der Waals surface area (Å²) in [5, 5.41) is 9.42. The Kier molecular flexibility index (Phi) is 6.63. The van der Waals surface area contributed by atoms with Crippen LogP contribution in [0.2, 0.25) is 5.02 Å². The first-order valence-electron chi connectivity index (χ1n) is 7.65. The number of amides is 2. The number of halogens is 1. The van der Waals surface area contributed by atoms with Crippen LogP contribution in [0.5, 0.6) is 0 Å². The summed E-state index contributed by atoms with van der Waals surface area (Å²) in [5.74, 6) is -0.149. The maximum absolute atomic E-state index is 11.9. The van der Waals surface area contributed by atoms with Gasteiger partial charge in [-0.05, 0) is 35.9 Å². The van der Waals surface area contributed by atoms with Gasteiger partial charge in [-0.25, -0.2) is 0 Å². The van der Waals surface area contributed by atoms with Gasteiger partial charge in [-0.1, -0.05) is 29.8 Å². The zero-order valence-corrected chi connectivity index (χ0v) is 14.2. The summed E-state index contributed by atoms with van der Waals surface area (Å²) in [6.45, 7) is 2.45. The Morgan fingerprint density at radius 2 is 1.75 bits per heavy atom. The van der Waals surface area contributed by atoms with E-state index >= 15 is 0 Å². The second kappa shape index (κ2) is 8.93. The summed E-state index contributed by atoms with van der Waals surface area (Å²) in [6, 6.07) is 14.7. The molecule has 0 saturated carbocycles. The topological polar surface area (TPSA) is 70.2 Å². The molecule has 126 valence electrons. The highest BCUT2D eigenvalue weighted by atomic mass is 35.5. The SMILES string of the molecule is CC(=O)Nc1cccc(NCCC(=O)NCc2ccc(Cl)cc2)c1. The third-order valence-corrected chi connectivity index (χ3v) is 3.52. The zero-order valence-electron chi connectivity index (χ0n) is 13.4. The van der Waals surface area contributed by atoms with Crippen LogP contribution in [0.3, 0.4) is 0 Å². The first kappa shape index (κ1) is 17.8. The van der Waals surface area contributed by atoms with E-state index < -0.39 is 0 Å². The maximum Gasteiger partial charge on any atom is 0.222 e. The third kappa shape index (κ3) is 6.30. The Bertz CT molecular complexity index is 702. The molecule has 0 heterocycles. The van der Waals surface area contributed by atoms with E-state index in [9.17, 15) is 9.59 Å². The van der Waals surface area contributed by atoms with Crippen molar-refractivity contribution < 1.29 is 9.59 Å². The molecule has 0 aliphatic rings. The third-order valence-electron chi connectivity index (χ3n) is 3.27. The van der Waals surface area contributed by atoms with E-state index in [0.29, 0.717) is 24.5 Å². The first-order valence-corrected chi connectivity index (χ1v) is 8.03. The molecule has 3 N–H and O–H groups in total. The lowest BCUT2D eigenvalue weighted by atomic mass is 10.2. The molecule has 0 atom stereocenters. The van der Waals surface area contributed by atoms with Crippen molar-refractivity contribution in [1.82, 2.24) is 5.32 Å². The summed E-state index contributed by atoms with van der Waals surface area (Å²) in [6.07, 6.45) is 0.359. The number of carbonyl (C=O) groups is 2. The summed E-state index contributed by atoms with van der Waals surface area (Å²) < 4.78 is 0. The van der Waals surface area contributed by atoms with E-state index in [4.69, 9.17) is 11.6 Å². The fourth-order valence-electron chi connectivity index (χ4n) is 2.12. The highest BCUT2D eigenvalue weighted by Crippen LogP contribution is 2.15. The van der Waals surface area contributed by atoms with Gasteiger partial charge in [0.05, 0.1) is 0 Å². The predicted molar refractivity (Wildman–Crippen MR) is 97.2 cm³/mol. The van der Waals surface area contributed by atoms with Crippen molar-refractivity contribution in [3.8, 4) is 0 Å². The average molecular weight is 346 g/mol. The van der Waals surface area contributed by atoms with Gasteiger partial charge in [0.2, 0.25) is 11.8 Å². The number of nitrogens with one attached hydrogen (secondary N) is 3. The molecule has 0 radical (unpaired) electrons. The lowest BCUT2D eigenvalue weighted by molar-refractivity contribution is -0.121. The van der Waals surface area contributed by atoms with E-state index in [1.165, 1.54) is 6.92 Å². The van der Waals surface area contributed by atoms with Gasteiger partial charge < -0.3 is 16.0 Å². The van der Waals surface area contributed by atoms with Crippen LogP contribution in [0.1, 0.15) is 18.9 Å². The molecular formula is C18H20ClN3O2. The number of anilines is 2. The molecule has 2 aromatic carbocycles. The number of hydrogen-bond donors (Lipinski definition) is 3. The molecule has 0 bridgehead atoms. The van der Waals surface area contributed by atoms with E-state index in [-0.39, 0.29) is 11.8 Å². The Morgan fingerprint density at radius 3 is 2.46 bits per heavy atom. The van der Waals surface area contributed by atoms with Crippen LogP contribution in [0.15, 0.2) is 48.5 Å². The van der Waals surface area contributed by atoms with E-state index in [2.05, 4.69) is 16.0 Å². The van der Waals surface area contributed by atoms with Crippen LogP contribution in [-0.2, 0) is 16.1 Å². The summed E-state index contributed by atoms with van der Waals surface area (Å²) in [4.78, 5) is 22.9. The molecule has 0 aromatic heterocycles. The molecule has 2 aromatic rings. The minimum Gasteiger partial charge on any atom is -0.384 e. The minimum absolute atomic E-state index is 0.0320. The molecule has 0 fully saturated rings. The lowest BCUT2D eigenvalue weighted by Gasteiger charge is -2.09. The van der Waals surface area contributed by atoms with Crippen LogP contribution in [-0.4, -0.2) is 18.4 Å². The van der Waals surface area contributed by atoms with Gasteiger partial charge in [0.25, 0.3) is 0 Å².